The fourth-order valence-electron chi connectivity index (χ4n) is 2.36. The summed E-state index contributed by atoms with van der Waals surface area (Å²) in [6.07, 6.45) is 0.743. The number of aromatic nitrogens is 2. The predicted octanol–water partition coefficient (Wildman–Crippen LogP) is -0.198. The number of nitrogens with one attached hydrogen (secondary N) is 1. The van der Waals surface area contributed by atoms with E-state index in [4.69, 9.17) is 5.73 Å². The summed E-state index contributed by atoms with van der Waals surface area (Å²) in [7, 11) is 0. The van der Waals surface area contributed by atoms with E-state index in [-0.39, 0.29) is 5.56 Å². The maximum Gasteiger partial charge on any atom is 0.252 e. The van der Waals surface area contributed by atoms with Crippen LogP contribution in [0.25, 0.3) is 0 Å². The van der Waals surface area contributed by atoms with Crippen LogP contribution in [0, 0.1) is 0 Å². The number of aromatic amines is 1. The number of nitrogens with zero attached hydrogens (tertiary/aromatic N) is 3. The van der Waals surface area contributed by atoms with Crippen molar-refractivity contribution in [3.63, 3.8) is 0 Å². The molecule has 6 nitrogen and oxygen atoms in total. The van der Waals surface area contributed by atoms with Gasteiger partial charge < -0.3 is 15.6 Å². The molecule has 6 heteroatoms. The van der Waals surface area contributed by atoms with Crippen LogP contribution in [0.5, 0.6) is 0 Å². The third-order valence-corrected chi connectivity index (χ3v) is 3.71. The van der Waals surface area contributed by atoms with Crippen LogP contribution in [0.15, 0.2) is 10.9 Å². The highest BCUT2D eigenvalue weighted by Crippen LogP contribution is 2.13. The second-order valence-electron chi connectivity index (χ2n) is 5.01. The number of anilines is 1. The second kappa shape index (κ2) is 6.16. The van der Waals surface area contributed by atoms with Gasteiger partial charge in [0.15, 0.2) is 0 Å². The summed E-state index contributed by atoms with van der Waals surface area (Å²) < 4.78 is 0. The largest absolute Gasteiger partial charge is 0.354 e. The molecule has 1 saturated heterocycles. The van der Waals surface area contributed by atoms with Gasteiger partial charge in [0.25, 0.3) is 5.56 Å². The van der Waals surface area contributed by atoms with E-state index in [0.717, 1.165) is 44.2 Å². The lowest BCUT2D eigenvalue weighted by Gasteiger charge is -2.38. The predicted molar refractivity (Wildman–Crippen MR) is 76.5 cm³/mol. The van der Waals surface area contributed by atoms with Crippen LogP contribution in [0.4, 0.5) is 5.82 Å². The Balaban J connectivity index is 2.05. The summed E-state index contributed by atoms with van der Waals surface area (Å²) in [5, 5.41) is 0. The zero-order chi connectivity index (χ0) is 13.8. The molecule has 0 spiro atoms. The first-order valence-corrected chi connectivity index (χ1v) is 6.93. The fourth-order valence-corrected chi connectivity index (χ4v) is 2.36. The molecule has 0 aliphatic carbocycles. The molecule has 1 aromatic heterocycles. The molecule has 0 radical (unpaired) electrons. The first-order chi connectivity index (χ1) is 9.13. The molecule has 1 aromatic rings. The van der Waals surface area contributed by atoms with Gasteiger partial charge >= 0.3 is 0 Å². The third kappa shape index (κ3) is 3.33. The zero-order valence-electron chi connectivity index (χ0n) is 11.7. The van der Waals surface area contributed by atoms with Gasteiger partial charge in [0.2, 0.25) is 0 Å². The van der Waals surface area contributed by atoms with Crippen molar-refractivity contribution < 1.29 is 0 Å². The monoisotopic (exact) mass is 265 g/mol. The van der Waals surface area contributed by atoms with E-state index in [1.165, 1.54) is 0 Å². The maximum atomic E-state index is 11.6. The molecule has 19 heavy (non-hydrogen) atoms. The molecule has 0 amide bonds. The second-order valence-corrected chi connectivity index (χ2v) is 5.01. The van der Waals surface area contributed by atoms with Gasteiger partial charge in [-0.2, -0.15) is 0 Å². The molecule has 0 aromatic carbocycles. The van der Waals surface area contributed by atoms with Crippen LogP contribution in [0.2, 0.25) is 0 Å². The van der Waals surface area contributed by atoms with Gasteiger partial charge in [-0.1, -0.05) is 6.92 Å². The van der Waals surface area contributed by atoms with E-state index >= 15 is 0 Å². The SMILES string of the molecule is CCc1nc(N2CCN(C(C)CN)CC2)cc(=O)[nH]1. The standard InChI is InChI=1S/C13H23N5O/c1-3-11-15-12(8-13(19)16-11)18-6-4-17(5-7-18)10(2)9-14/h8,10H,3-7,9,14H2,1-2H3,(H,15,16,19). The van der Waals surface area contributed by atoms with E-state index in [2.05, 4.69) is 26.7 Å². The van der Waals surface area contributed by atoms with Crippen molar-refractivity contribution in [2.75, 3.05) is 37.6 Å². The third-order valence-electron chi connectivity index (χ3n) is 3.71. The number of aryl methyl sites for hydroxylation is 1. The van der Waals surface area contributed by atoms with Crippen molar-refractivity contribution in [2.24, 2.45) is 5.73 Å². The lowest BCUT2D eigenvalue weighted by molar-refractivity contribution is 0.201. The van der Waals surface area contributed by atoms with Crippen LogP contribution in [0.3, 0.4) is 0 Å². The number of hydrogen-bond acceptors (Lipinski definition) is 5. The fraction of sp³-hybridized carbons (Fsp3) is 0.692. The van der Waals surface area contributed by atoms with Crippen molar-refractivity contribution in [3.05, 3.63) is 22.2 Å². The molecule has 3 N–H and O–H groups in total. The highest BCUT2D eigenvalue weighted by molar-refractivity contribution is 5.38. The number of hydrogen-bond donors (Lipinski definition) is 2. The quantitative estimate of drug-likeness (QED) is 0.788. The first kappa shape index (κ1) is 14.0. The maximum absolute atomic E-state index is 11.6. The van der Waals surface area contributed by atoms with Gasteiger partial charge in [0.05, 0.1) is 0 Å². The Morgan fingerprint density at radius 2 is 2.11 bits per heavy atom. The van der Waals surface area contributed by atoms with E-state index in [0.29, 0.717) is 12.6 Å². The number of nitrogens with two attached hydrogens (primary N) is 1. The van der Waals surface area contributed by atoms with Gasteiger partial charge in [-0.05, 0) is 6.92 Å². The molecule has 106 valence electrons. The van der Waals surface area contributed by atoms with Gasteiger partial charge in [0.1, 0.15) is 11.6 Å². The molecule has 1 fully saturated rings. The minimum absolute atomic E-state index is 0.0698. The molecule has 0 bridgehead atoms. The van der Waals surface area contributed by atoms with Crippen LogP contribution < -0.4 is 16.2 Å². The summed E-state index contributed by atoms with van der Waals surface area (Å²) >= 11 is 0. The number of rotatable bonds is 4. The molecular weight excluding hydrogens is 242 g/mol. The molecule has 2 heterocycles. The van der Waals surface area contributed by atoms with Crippen molar-refractivity contribution in [3.8, 4) is 0 Å². The topological polar surface area (TPSA) is 78.2 Å². The normalized spacial score (nSPS) is 18.6. The Morgan fingerprint density at radius 3 is 2.68 bits per heavy atom. The summed E-state index contributed by atoms with van der Waals surface area (Å²) in [6.45, 7) is 8.54. The Hall–Kier alpha value is -1.40. The lowest BCUT2D eigenvalue weighted by atomic mass is 10.2. The van der Waals surface area contributed by atoms with Gasteiger partial charge in [-0.3, -0.25) is 9.69 Å². The Labute approximate surface area is 113 Å². The van der Waals surface area contributed by atoms with Crippen LogP contribution >= 0.6 is 0 Å². The summed E-state index contributed by atoms with van der Waals surface area (Å²) in [5.74, 6) is 1.54. The molecule has 1 aliphatic heterocycles. The molecule has 1 unspecified atom stereocenters. The molecule has 0 saturated carbocycles. The molecule has 1 atom stereocenters. The Bertz CT molecular complexity index is 464. The van der Waals surface area contributed by atoms with Gasteiger partial charge in [-0.25, -0.2) is 4.98 Å². The smallest absolute Gasteiger partial charge is 0.252 e. The van der Waals surface area contributed by atoms with Crippen molar-refractivity contribution in [1.82, 2.24) is 14.9 Å². The molecule has 2 rings (SSSR count). The van der Waals surface area contributed by atoms with Gasteiger partial charge in [0, 0.05) is 51.3 Å². The Morgan fingerprint density at radius 1 is 1.42 bits per heavy atom. The zero-order valence-corrected chi connectivity index (χ0v) is 11.7. The van der Waals surface area contributed by atoms with Crippen molar-refractivity contribution in [1.29, 1.82) is 0 Å². The number of piperazine rings is 1. The minimum atomic E-state index is -0.0698. The van der Waals surface area contributed by atoms with Crippen molar-refractivity contribution >= 4 is 5.82 Å². The van der Waals surface area contributed by atoms with E-state index in [9.17, 15) is 4.79 Å². The van der Waals surface area contributed by atoms with E-state index in [1.807, 2.05) is 6.92 Å². The van der Waals surface area contributed by atoms with Crippen molar-refractivity contribution in [2.45, 2.75) is 26.3 Å². The summed E-state index contributed by atoms with van der Waals surface area (Å²) in [6, 6.07) is 2.00. The minimum Gasteiger partial charge on any atom is -0.354 e. The number of H-pyrrole nitrogens is 1. The highest BCUT2D eigenvalue weighted by atomic mass is 16.1. The highest BCUT2D eigenvalue weighted by Gasteiger charge is 2.21. The summed E-state index contributed by atoms with van der Waals surface area (Å²) in [5.41, 5.74) is 5.62. The molecular formula is C13H23N5O. The van der Waals surface area contributed by atoms with Crippen LogP contribution in [0.1, 0.15) is 19.7 Å². The lowest BCUT2D eigenvalue weighted by Crippen LogP contribution is -2.51. The molecule has 1 aliphatic rings. The average molecular weight is 265 g/mol. The van der Waals surface area contributed by atoms with Crippen LogP contribution in [-0.4, -0.2) is 53.6 Å². The van der Waals surface area contributed by atoms with E-state index < -0.39 is 0 Å². The van der Waals surface area contributed by atoms with E-state index in [1.54, 1.807) is 6.07 Å². The summed E-state index contributed by atoms with van der Waals surface area (Å²) in [4.78, 5) is 23.4. The first-order valence-electron chi connectivity index (χ1n) is 6.93. The Kier molecular flexibility index (Phi) is 4.55. The van der Waals surface area contributed by atoms with Crippen LogP contribution in [-0.2, 0) is 6.42 Å². The average Bonchev–Trinajstić information content (AvgIpc) is 2.46. The van der Waals surface area contributed by atoms with Gasteiger partial charge in [-0.15, -0.1) is 0 Å².